The lowest BCUT2D eigenvalue weighted by Crippen LogP contribution is -2.10. The molecule has 138 valence electrons. The van der Waals surface area contributed by atoms with E-state index in [1.807, 2.05) is 11.3 Å². The molecule has 0 spiro atoms. The van der Waals surface area contributed by atoms with Gasteiger partial charge in [-0.3, -0.25) is 4.40 Å². The molecule has 1 aromatic carbocycles. The lowest BCUT2D eigenvalue weighted by Gasteiger charge is -2.19. The molecule has 2 heterocycles. The number of imidazole rings is 1. The van der Waals surface area contributed by atoms with Crippen LogP contribution in [0.2, 0.25) is 0 Å². The number of carbonyl (C=O) groups is 1. The van der Waals surface area contributed by atoms with Gasteiger partial charge in [0.1, 0.15) is 0 Å². The van der Waals surface area contributed by atoms with Gasteiger partial charge in [-0.1, -0.05) is 65.3 Å². The van der Waals surface area contributed by atoms with Crippen molar-refractivity contribution in [2.45, 2.75) is 59.3 Å². The van der Waals surface area contributed by atoms with Crippen LogP contribution >= 0.6 is 11.3 Å². The number of aryl methyl sites for hydroxylation is 2. The molecule has 0 aliphatic rings. The van der Waals surface area contributed by atoms with Crippen molar-refractivity contribution in [1.29, 1.82) is 0 Å². The number of benzene rings is 1. The highest BCUT2D eigenvalue weighted by atomic mass is 32.1. The minimum atomic E-state index is -0.908. The van der Waals surface area contributed by atoms with Gasteiger partial charge >= 0.3 is 5.97 Å². The quantitative estimate of drug-likeness (QED) is 0.638. The molecule has 0 unspecified atom stereocenters. The molecule has 1 N–H and O–H groups in total. The Balaban J connectivity index is 2.25. The zero-order chi connectivity index (χ0) is 19.1. The van der Waals surface area contributed by atoms with Gasteiger partial charge in [0.15, 0.2) is 10.7 Å². The average molecular weight is 371 g/mol. The Morgan fingerprint density at radius 3 is 2.35 bits per heavy atom. The van der Waals surface area contributed by atoms with E-state index in [4.69, 9.17) is 0 Å². The summed E-state index contributed by atoms with van der Waals surface area (Å²) in [6, 6.07) is 8.49. The van der Waals surface area contributed by atoms with Crippen molar-refractivity contribution < 1.29 is 9.90 Å². The molecule has 0 saturated heterocycles. The maximum absolute atomic E-state index is 12.0. The Hall–Kier alpha value is -2.14. The summed E-state index contributed by atoms with van der Waals surface area (Å²) in [5.41, 5.74) is 4.37. The van der Waals surface area contributed by atoms with Crippen molar-refractivity contribution in [1.82, 2.24) is 9.38 Å². The van der Waals surface area contributed by atoms with Crippen LogP contribution in [0.15, 0.2) is 24.3 Å². The maximum atomic E-state index is 12.0. The molecule has 0 saturated carbocycles. The predicted octanol–water partition coefficient (Wildman–Crippen LogP) is 5.57. The van der Waals surface area contributed by atoms with Crippen LogP contribution in [0.4, 0.5) is 0 Å². The molecule has 0 aliphatic carbocycles. The van der Waals surface area contributed by atoms with E-state index in [0.717, 1.165) is 29.1 Å². The number of carboxylic acids is 1. The first kappa shape index (κ1) is 18.6. The third-order valence-corrected chi connectivity index (χ3v) is 5.84. The van der Waals surface area contributed by atoms with Gasteiger partial charge in [0.05, 0.1) is 11.4 Å². The summed E-state index contributed by atoms with van der Waals surface area (Å²) in [6.07, 6.45) is 2.41. The van der Waals surface area contributed by atoms with Crippen LogP contribution in [0.3, 0.4) is 0 Å². The molecule has 5 heteroatoms. The van der Waals surface area contributed by atoms with Gasteiger partial charge in [-0.05, 0) is 29.4 Å². The molecular formula is C21H26N2O2S. The van der Waals surface area contributed by atoms with Crippen LogP contribution in [0, 0.1) is 0 Å². The lowest BCUT2D eigenvalue weighted by atomic mass is 9.86. The van der Waals surface area contributed by atoms with Crippen LogP contribution in [-0.2, 0) is 18.3 Å². The van der Waals surface area contributed by atoms with Gasteiger partial charge in [-0.15, -0.1) is 11.3 Å². The highest BCUT2D eigenvalue weighted by molar-refractivity contribution is 7.17. The first-order valence-electron chi connectivity index (χ1n) is 9.15. The van der Waals surface area contributed by atoms with Crippen molar-refractivity contribution in [3.8, 4) is 11.3 Å². The topological polar surface area (TPSA) is 54.6 Å². The minimum absolute atomic E-state index is 0.0889. The highest BCUT2D eigenvalue weighted by Crippen LogP contribution is 2.35. The van der Waals surface area contributed by atoms with E-state index in [-0.39, 0.29) is 5.41 Å². The van der Waals surface area contributed by atoms with E-state index in [1.54, 1.807) is 11.3 Å². The Morgan fingerprint density at radius 2 is 1.85 bits per heavy atom. The van der Waals surface area contributed by atoms with Gasteiger partial charge in [-0.25, -0.2) is 9.78 Å². The van der Waals surface area contributed by atoms with Gasteiger partial charge in [0.25, 0.3) is 0 Å². The summed E-state index contributed by atoms with van der Waals surface area (Å²) in [7, 11) is 0. The Bertz CT molecular complexity index is 943. The summed E-state index contributed by atoms with van der Waals surface area (Å²) in [5, 5.41) is 9.83. The van der Waals surface area contributed by atoms with Crippen molar-refractivity contribution in [3.05, 3.63) is 46.1 Å². The van der Waals surface area contributed by atoms with Gasteiger partial charge in [0, 0.05) is 4.88 Å². The van der Waals surface area contributed by atoms with E-state index in [0.29, 0.717) is 17.8 Å². The normalized spacial score (nSPS) is 12.0. The zero-order valence-corrected chi connectivity index (χ0v) is 16.9. The summed E-state index contributed by atoms with van der Waals surface area (Å²) >= 11 is 1.60. The molecule has 0 fully saturated rings. The number of aromatic nitrogens is 2. The fraction of sp³-hybridized carbons (Fsp3) is 0.429. The number of carboxylic acid groups (broad SMARTS) is 1. The van der Waals surface area contributed by atoms with E-state index >= 15 is 0 Å². The summed E-state index contributed by atoms with van der Waals surface area (Å²) in [5.74, 6) is -0.908. The van der Waals surface area contributed by atoms with Crippen LogP contribution in [0.1, 0.15) is 67.7 Å². The predicted molar refractivity (Wildman–Crippen MR) is 108 cm³/mol. The number of fused-ring (bicyclic) bond motifs is 1. The van der Waals surface area contributed by atoms with Crippen LogP contribution in [-0.4, -0.2) is 20.5 Å². The number of thiazole rings is 1. The van der Waals surface area contributed by atoms with Crippen molar-refractivity contribution >= 4 is 22.3 Å². The molecule has 3 aromatic rings. The summed E-state index contributed by atoms with van der Waals surface area (Å²) in [4.78, 5) is 18.6. The molecular weight excluding hydrogens is 344 g/mol. The molecule has 26 heavy (non-hydrogen) atoms. The molecule has 0 amide bonds. The van der Waals surface area contributed by atoms with Crippen molar-refractivity contribution in [2.24, 2.45) is 0 Å². The van der Waals surface area contributed by atoms with E-state index in [1.165, 1.54) is 10.4 Å². The van der Waals surface area contributed by atoms with Crippen LogP contribution < -0.4 is 0 Å². The standard InChI is InChI=1S/C21H26N2O2S/c1-6-8-15-18(19(24)25)23-17(16(7-2)26-20(23)22-15)13-9-11-14(12-10-13)21(3,4)5/h9-12H,6-8H2,1-5H3,(H,24,25). The van der Waals surface area contributed by atoms with Crippen LogP contribution in [0.5, 0.6) is 0 Å². The number of nitrogens with zero attached hydrogens (tertiary/aromatic N) is 2. The van der Waals surface area contributed by atoms with Gasteiger partial charge < -0.3 is 5.11 Å². The number of hydrogen-bond acceptors (Lipinski definition) is 3. The number of hydrogen-bond donors (Lipinski definition) is 1. The molecule has 0 bridgehead atoms. The zero-order valence-electron chi connectivity index (χ0n) is 16.1. The Labute approximate surface area is 158 Å². The average Bonchev–Trinajstić information content (AvgIpc) is 3.09. The first-order chi connectivity index (χ1) is 12.3. The van der Waals surface area contributed by atoms with E-state index in [9.17, 15) is 9.90 Å². The largest absolute Gasteiger partial charge is 0.477 e. The fourth-order valence-electron chi connectivity index (χ4n) is 3.29. The SMILES string of the molecule is CCCc1nc2sc(CC)c(-c3ccc(C(C)(C)C)cc3)n2c1C(=O)O. The fourth-order valence-corrected chi connectivity index (χ4v) is 4.39. The number of rotatable bonds is 5. The van der Waals surface area contributed by atoms with Gasteiger partial charge in [-0.2, -0.15) is 0 Å². The van der Waals surface area contributed by atoms with E-state index < -0.39 is 5.97 Å². The second-order valence-electron chi connectivity index (χ2n) is 7.63. The molecule has 3 rings (SSSR count). The van der Waals surface area contributed by atoms with Crippen molar-refractivity contribution in [2.75, 3.05) is 0 Å². The van der Waals surface area contributed by atoms with E-state index in [2.05, 4.69) is 56.9 Å². The third-order valence-electron chi connectivity index (χ3n) is 4.66. The number of aromatic carboxylic acids is 1. The highest BCUT2D eigenvalue weighted by Gasteiger charge is 2.25. The summed E-state index contributed by atoms with van der Waals surface area (Å²) in [6.45, 7) is 10.7. The maximum Gasteiger partial charge on any atom is 0.354 e. The lowest BCUT2D eigenvalue weighted by molar-refractivity contribution is 0.0688. The van der Waals surface area contributed by atoms with Crippen molar-refractivity contribution in [3.63, 3.8) is 0 Å². The minimum Gasteiger partial charge on any atom is -0.477 e. The molecule has 0 aliphatic heterocycles. The smallest absolute Gasteiger partial charge is 0.354 e. The molecule has 4 nitrogen and oxygen atoms in total. The molecule has 0 atom stereocenters. The Kier molecular flexibility index (Phi) is 4.93. The first-order valence-corrected chi connectivity index (χ1v) is 9.96. The second-order valence-corrected chi connectivity index (χ2v) is 8.70. The van der Waals surface area contributed by atoms with Crippen LogP contribution in [0.25, 0.3) is 16.2 Å². The molecule has 0 radical (unpaired) electrons. The van der Waals surface area contributed by atoms with Gasteiger partial charge in [0.2, 0.25) is 0 Å². The third kappa shape index (κ3) is 3.16. The Morgan fingerprint density at radius 1 is 1.19 bits per heavy atom. The monoisotopic (exact) mass is 370 g/mol. The second kappa shape index (κ2) is 6.88. The molecule has 2 aromatic heterocycles. The summed E-state index contributed by atoms with van der Waals surface area (Å²) < 4.78 is 1.85.